The lowest BCUT2D eigenvalue weighted by molar-refractivity contribution is -0.149. The van der Waals surface area contributed by atoms with Crippen molar-refractivity contribution in [1.82, 2.24) is 0 Å². The van der Waals surface area contributed by atoms with Crippen LogP contribution in [0, 0.1) is 0 Å². The van der Waals surface area contributed by atoms with Gasteiger partial charge in [0.2, 0.25) is 0 Å². The molecule has 1 unspecified atom stereocenters. The Kier molecular flexibility index (Phi) is 5.45. The van der Waals surface area contributed by atoms with Crippen LogP contribution in [0.4, 0.5) is 5.69 Å². The van der Waals surface area contributed by atoms with Gasteiger partial charge in [0.25, 0.3) is 0 Å². The average molecular weight is 253 g/mol. The molecule has 5 heteroatoms. The fourth-order valence-electron chi connectivity index (χ4n) is 1.59. The number of nitrogens with zero attached hydrogens (tertiary/aromatic N) is 1. The summed E-state index contributed by atoms with van der Waals surface area (Å²) in [4.78, 5) is 12.8. The van der Waals surface area contributed by atoms with Gasteiger partial charge in [0, 0.05) is 19.3 Å². The van der Waals surface area contributed by atoms with Gasteiger partial charge in [-0.05, 0) is 31.2 Å². The molecule has 5 nitrogen and oxygen atoms in total. The molecular weight excluding hydrogens is 234 g/mol. The van der Waals surface area contributed by atoms with Crippen molar-refractivity contribution in [3.63, 3.8) is 0 Å². The van der Waals surface area contributed by atoms with Crippen LogP contribution in [0.25, 0.3) is 0 Å². The minimum Gasteiger partial charge on any atom is -0.497 e. The first-order valence-electron chi connectivity index (χ1n) is 5.78. The van der Waals surface area contributed by atoms with E-state index >= 15 is 0 Å². The Hall–Kier alpha value is -1.75. The highest BCUT2D eigenvalue weighted by Gasteiger charge is 2.19. The predicted molar refractivity (Wildman–Crippen MR) is 69.3 cm³/mol. The van der Waals surface area contributed by atoms with Crippen molar-refractivity contribution in [1.29, 1.82) is 0 Å². The van der Waals surface area contributed by atoms with Gasteiger partial charge in [0.05, 0.1) is 13.7 Å². The molecule has 1 atom stereocenters. The number of rotatable bonds is 7. The molecule has 0 spiro atoms. The van der Waals surface area contributed by atoms with Gasteiger partial charge in [-0.15, -0.1) is 0 Å². The molecule has 0 heterocycles. The Bertz CT molecular complexity index is 377. The van der Waals surface area contributed by atoms with Gasteiger partial charge in [-0.3, -0.25) is 0 Å². The number of anilines is 1. The molecular formula is C13H19NO4. The van der Waals surface area contributed by atoms with Gasteiger partial charge in [-0.25, -0.2) is 4.79 Å². The number of hydrogen-bond acceptors (Lipinski definition) is 4. The van der Waals surface area contributed by atoms with Crippen molar-refractivity contribution in [2.75, 3.05) is 32.2 Å². The summed E-state index contributed by atoms with van der Waals surface area (Å²) in [5.74, 6) is -0.177. The number of aliphatic carboxylic acids is 1. The van der Waals surface area contributed by atoms with E-state index in [0.717, 1.165) is 11.4 Å². The summed E-state index contributed by atoms with van der Waals surface area (Å²) in [6, 6.07) is 7.43. The summed E-state index contributed by atoms with van der Waals surface area (Å²) in [6.07, 6.45) is -0.817. The second-order valence-corrected chi connectivity index (χ2v) is 3.86. The molecule has 1 aromatic carbocycles. The van der Waals surface area contributed by atoms with Gasteiger partial charge < -0.3 is 19.5 Å². The van der Waals surface area contributed by atoms with Crippen LogP contribution in [-0.2, 0) is 9.53 Å². The monoisotopic (exact) mass is 253 g/mol. The number of likely N-dealkylation sites (N-methyl/N-ethyl adjacent to an activating group) is 1. The summed E-state index contributed by atoms with van der Waals surface area (Å²) in [5.41, 5.74) is 0.918. The van der Waals surface area contributed by atoms with Crippen molar-refractivity contribution in [2.45, 2.75) is 13.0 Å². The molecule has 0 aromatic heterocycles. The maximum absolute atomic E-state index is 11.0. The van der Waals surface area contributed by atoms with E-state index in [9.17, 15) is 4.79 Å². The third-order valence-electron chi connectivity index (χ3n) is 2.60. The molecule has 0 bridgehead atoms. The van der Waals surface area contributed by atoms with E-state index in [-0.39, 0.29) is 0 Å². The maximum Gasteiger partial charge on any atom is 0.334 e. The number of carboxylic acids is 1. The smallest absolute Gasteiger partial charge is 0.334 e. The molecule has 0 amide bonds. The van der Waals surface area contributed by atoms with Crippen molar-refractivity contribution in [3.8, 4) is 5.75 Å². The molecule has 0 aliphatic rings. The molecule has 0 saturated heterocycles. The van der Waals surface area contributed by atoms with Crippen LogP contribution in [0.1, 0.15) is 6.92 Å². The Morgan fingerprint density at radius 2 is 2.00 bits per heavy atom. The first-order chi connectivity index (χ1) is 8.58. The van der Waals surface area contributed by atoms with E-state index in [1.807, 2.05) is 36.2 Å². The minimum absolute atomic E-state index is 0.301. The highest BCUT2D eigenvalue weighted by Crippen LogP contribution is 2.18. The maximum atomic E-state index is 11.0. The second kappa shape index (κ2) is 6.86. The Morgan fingerprint density at radius 1 is 1.39 bits per heavy atom. The van der Waals surface area contributed by atoms with E-state index in [1.165, 1.54) is 0 Å². The summed E-state index contributed by atoms with van der Waals surface area (Å²) in [5, 5.41) is 9.01. The second-order valence-electron chi connectivity index (χ2n) is 3.86. The predicted octanol–water partition coefficient (Wildman–Crippen LogP) is 1.62. The zero-order valence-corrected chi connectivity index (χ0v) is 10.9. The first kappa shape index (κ1) is 14.3. The number of methoxy groups -OCH3 is 1. The third kappa shape index (κ3) is 3.92. The Morgan fingerprint density at radius 3 is 2.44 bits per heavy atom. The van der Waals surface area contributed by atoms with E-state index in [0.29, 0.717) is 13.2 Å². The lowest BCUT2D eigenvalue weighted by atomic mass is 10.2. The molecule has 100 valence electrons. The Labute approximate surface area is 107 Å². The van der Waals surface area contributed by atoms with Crippen LogP contribution in [-0.4, -0.2) is 44.5 Å². The number of ether oxygens (including phenoxy) is 2. The van der Waals surface area contributed by atoms with Crippen LogP contribution in [0.15, 0.2) is 24.3 Å². The highest BCUT2D eigenvalue weighted by atomic mass is 16.5. The number of carbonyl (C=O) groups is 1. The molecule has 1 rings (SSSR count). The standard InChI is InChI=1S/C13H19NO4/c1-4-18-12(13(15)16)9-14(2)10-5-7-11(17-3)8-6-10/h5-8,12H,4,9H2,1-3H3,(H,15,16). The molecule has 0 radical (unpaired) electrons. The average Bonchev–Trinajstić information content (AvgIpc) is 2.38. The molecule has 0 aliphatic heterocycles. The van der Waals surface area contributed by atoms with Gasteiger partial charge in [-0.1, -0.05) is 0 Å². The normalized spacial score (nSPS) is 11.9. The highest BCUT2D eigenvalue weighted by molar-refractivity contribution is 5.73. The van der Waals surface area contributed by atoms with E-state index in [4.69, 9.17) is 14.6 Å². The molecule has 0 saturated carbocycles. The van der Waals surface area contributed by atoms with Crippen molar-refractivity contribution in [2.24, 2.45) is 0 Å². The number of carboxylic acid groups (broad SMARTS) is 1. The fourth-order valence-corrected chi connectivity index (χ4v) is 1.59. The largest absolute Gasteiger partial charge is 0.497 e. The SMILES string of the molecule is CCOC(CN(C)c1ccc(OC)cc1)C(=O)O. The van der Waals surface area contributed by atoms with E-state index in [1.54, 1.807) is 14.0 Å². The summed E-state index contributed by atoms with van der Waals surface area (Å²) in [7, 11) is 3.44. The zero-order chi connectivity index (χ0) is 13.5. The molecule has 1 N–H and O–H groups in total. The van der Waals surface area contributed by atoms with Crippen LogP contribution in [0.3, 0.4) is 0 Å². The summed E-state index contributed by atoms with van der Waals surface area (Å²) < 4.78 is 10.2. The van der Waals surface area contributed by atoms with E-state index in [2.05, 4.69) is 0 Å². The van der Waals surface area contributed by atoms with Crippen LogP contribution in [0.5, 0.6) is 5.75 Å². The molecule has 18 heavy (non-hydrogen) atoms. The van der Waals surface area contributed by atoms with Crippen LogP contribution < -0.4 is 9.64 Å². The van der Waals surface area contributed by atoms with Crippen molar-refractivity contribution in [3.05, 3.63) is 24.3 Å². The molecule has 0 aliphatic carbocycles. The lowest BCUT2D eigenvalue weighted by Gasteiger charge is -2.23. The van der Waals surface area contributed by atoms with Crippen LogP contribution >= 0.6 is 0 Å². The summed E-state index contributed by atoms with van der Waals surface area (Å²) >= 11 is 0. The van der Waals surface area contributed by atoms with Crippen LogP contribution in [0.2, 0.25) is 0 Å². The summed E-state index contributed by atoms with van der Waals surface area (Å²) in [6.45, 7) is 2.46. The minimum atomic E-state index is -0.947. The molecule has 1 aromatic rings. The van der Waals surface area contributed by atoms with E-state index < -0.39 is 12.1 Å². The Balaban J connectivity index is 2.67. The zero-order valence-electron chi connectivity index (χ0n) is 10.9. The fraction of sp³-hybridized carbons (Fsp3) is 0.462. The van der Waals surface area contributed by atoms with Gasteiger partial charge in [0.1, 0.15) is 5.75 Å². The third-order valence-corrected chi connectivity index (χ3v) is 2.60. The van der Waals surface area contributed by atoms with Gasteiger partial charge in [0.15, 0.2) is 6.10 Å². The first-order valence-corrected chi connectivity index (χ1v) is 5.78. The van der Waals surface area contributed by atoms with Gasteiger partial charge >= 0.3 is 5.97 Å². The molecule has 0 fully saturated rings. The quantitative estimate of drug-likeness (QED) is 0.800. The van der Waals surface area contributed by atoms with Crippen molar-refractivity contribution < 1.29 is 19.4 Å². The topological polar surface area (TPSA) is 59.0 Å². The lowest BCUT2D eigenvalue weighted by Crippen LogP contribution is -2.36. The number of benzene rings is 1. The number of hydrogen-bond donors (Lipinski definition) is 1. The van der Waals surface area contributed by atoms with Gasteiger partial charge in [-0.2, -0.15) is 0 Å². The van der Waals surface area contributed by atoms with Crippen molar-refractivity contribution >= 4 is 11.7 Å².